The van der Waals surface area contributed by atoms with E-state index in [0.29, 0.717) is 9.71 Å². The Morgan fingerprint density at radius 2 is 2.12 bits per heavy atom. The molecule has 0 aliphatic carbocycles. The van der Waals surface area contributed by atoms with E-state index in [-0.39, 0.29) is 12.1 Å². The first kappa shape index (κ1) is 12.3. The Morgan fingerprint density at radius 1 is 1.41 bits per heavy atom. The zero-order chi connectivity index (χ0) is 12.6. The van der Waals surface area contributed by atoms with E-state index in [1.807, 2.05) is 0 Å². The van der Waals surface area contributed by atoms with Crippen LogP contribution in [-0.2, 0) is 6.18 Å². The van der Waals surface area contributed by atoms with E-state index in [1.165, 1.54) is 6.07 Å². The number of hydrogen-bond acceptors (Lipinski definition) is 4. The summed E-state index contributed by atoms with van der Waals surface area (Å²) in [5, 5.41) is 9.80. The molecule has 1 unspecified atom stereocenters. The van der Waals surface area contributed by atoms with Gasteiger partial charge in [0.05, 0.1) is 15.8 Å². The monoisotopic (exact) mass is 262 g/mol. The van der Waals surface area contributed by atoms with Crippen molar-refractivity contribution in [1.82, 2.24) is 4.98 Å². The molecule has 3 nitrogen and oxygen atoms in total. The lowest BCUT2D eigenvalue weighted by Gasteiger charge is -2.04. The Morgan fingerprint density at radius 3 is 2.71 bits per heavy atom. The normalized spacial score (nSPS) is 14.2. The molecule has 0 aliphatic rings. The lowest BCUT2D eigenvalue weighted by Crippen LogP contribution is -2.10. The number of thiazole rings is 1. The van der Waals surface area contributed by atoms with Crippen LogP contribution in [0.25, 0.3) is 10.2 Å². The number of aliphatic hydroxyl groups excluding tert-OH is 1. The molecule has 2 aromatic rings. The molecule has 0 bridgehead atoms. The maximum atomic E-state index is 12.5. The van der Waals surface area contributed by atoms with Crippen molar-refractivity contribution in [1.29, 1.82) is 0 Å². The summed E-state index contributed by atoms with van der Waals surface area (Å²) in [6.45, 7) is -0.00799. The van der Waals surface area contributed by atoms with Crippen molar-refractivity contribution in [2.45, 2.75) is 12.3 Å². The standard InChI is InChI=1S/C10H9F3N2OS/c11-10(12,13)5-1-2-8-6(3-5)15-9(17-8)7(16)4-14/h1-3,7,16H,4,14H2. The van der Waals surface area contributed by atoms with Gasteiger partial charge in [-0.25, -0.2) is 4.98 Å². The topological polar surface area (TPSA) is 59.1 Å². The van der Waals surface area contributed by atoms with Gasteiger partial charge in [0.1, 0.15) is 11.1 Å². The van der Waals surface area contributed by atoms with Crippen LogP contribution in [0.15, 0.2) is 18.2 Å². The number of nitrogens with two attached hydrogens (primary N) is 1. The number of aromatic nitrogens is 1. The minimum Gasteiger partial charge on any atom is -0.385 e. The minimum absolute atomic E-state index is 0.00799. The lowest BCUT2D eigenvalue weighted by atomic mass is 10.2. The zero-order valence-electron chi connectivity index (χ0n) is 8.53. The van der Waals surface area contributed by atoms with E-state index in [9.17, 15) is 18.3 Å². The molecule has 0 saturated heterocycles. The Balaban J connectivity index is 2.48. The second-order valence-corrected chi connectivity index (χ2v) is 4.55. The number of aliphatic hydroxyl groups is 1. The van der Waals surface area contributed by atoms with Crippen LogP contribution in [-0.4, -0.2) is 16.6 Å². The lowest BCUT2D eigenvalue weighted by molar-refractivity contribution is -0.137. The molecular weight excluding hydrogens is 253 g/mol. The molecule has 0 aliphatic heterocycles. The van der Waals surface area contributed by atoms with E-state index in [0.717, 1.165) is 23.5 Å². The summed E-state index contributed by atoms with van der Waals surface area (Å²) in [7, 11) is 0. The molecule has 0 amide bonds. The Labute approximate surface area is 98.7 Å². The van der Waals surface area contributed by atoms with Crippen LogP contribution < -0.4 is 5.73 Å². The van der Waals surface area contributed by atoms with Crippen LogP contribution in [0.4, 0.5) is 13.2 Å². The summed E-state index contributed by atoms with van der Waals surface area (Å²) in [4.78, 5) is 3.95. The number of rotatable bonds is 2. The predicted octanol–water partition coefficient (Wildman–Crippen LogP) is 2.31. The zero-order valence-corrected chi connectivity index (χ0v) is 9.35. The van der Waals surface area contributed by atoms with Gasteiger partial charge < -0.3 is 10.8 Å². The molecule has 0 spiro atoms. The van der Waals surface area contributed by atoms with Crippen LogP contribution in [0, 0.1) is 0 Å². The van der Waals surface area contributed by atoms with Crippen molar-refractivity contribution in [3.63, 3.8) is 0 Å². The molecule has 92 valence electrons. The fourth-order valence-electron chi connectivity index (χ4n) is 1.36. The van der Waals surface area contributed by atoms with Gasteiger partial charge in [-0.05, 0) is 18.2 Å². The number of hydrogen-bond donors (Lipinski definition) is 2. The fourth-order valence-corrected chi connectivity index (χ4v) is 2.31. The molecule has 1 atom stereocenters. The second-order valence-electron chi connectivity index (χ2n) is 3.48. The molecule has 0 saturated carbocycles. The molecule has 1 aromatic carbocycles. The predicted molar refractivity (Wildman–Crippen MR) is 58.6 cm³/mol. The van der Waals surface area contributed by atoms with Crippen LogP contribution in [0.1, 0.15) is 16.7 Å². The van der Waals surface area contributed by atoms with Crippen LogP contribution in [0.3, 0.4) is 0 Å². The first-order chi connectivity index (χ1) is 7.91. The third kappa shape index (κ3) is 2.41. The van der Waals surface area contributed by atoms with E-state index < -0.39 is 17.8 Å². The van der Waals surface area contributed by atoms with E-state index >= 15 is 0 Å². The molecular formula is C10H9F3N2OS. The smallest absolute Gasteiger partial charge is 0.385 e. The maximum absolute atomic E-state index is 12.5. The number of benzene rings is 1. The van der Waals surface area contributed by atoms with Crippen LogP contribution >= 0.6 is 11.3 Å². The summed E-state index contributed by atoms with van der Waals surface area (Å²) in [6.07, 6.45) is -5.31. The average molecular weight is 262 g/mol. The average Bonchev–Trinajstić information content (AvgIpc) is 2.69. The summed E-state index contributed by atoms with van der Waals surface area (Å²) in [5.74, 6) is 0. The molecule has 1 heterocycles. The van der Waals surface area contributed by atoms with Crippen molar-refractivity contribution in [2.75, 3.05) is 6.54 Å². The van der Waals surface area contributed by atoms with Crippen molar-refractivity contribution in [3.8, 4) is 0 Å². The van der Waals surface area contributed by atoms with Crippen molar-refractivity contribution in [3.05, 3.63) is 28.8 Å². The number of fused-ring (bicyclic) bond motifs is 1. The van der Waals surface area contributed by atoms with Gasteiger partial charge >= 0.3 is 6.18 Å². The van der Waals surface area contributed by atoms with Gasteiger partial charge in [-0.15, -0.1) is 11.3 Å². The summed E-state index contributed by atoms with van der Waals surface area (Å²) < 4.78 is 38.0. The van der Waals surface area contributed by atoms with Crippen LogP contribution in [0.5, 0.6) is 0 Å². The maximum Gasteiger partial charge on any atom is 0.416 e. The Kier molecular flexibility index (Phi) is 3.07. The van der Waals surface area contributed by atoms with E-state index in [4.69, 9.17) is 5.73 Å². The highest BCUT2D eigenvalue weighted by Gasteiger charge is 2.30. The van der Waals surface area contributed by atoms with Crippen molar-refractivity contribution < 1.29 is 18.3 Å². The number of halogens is 3. The summed E-state index contributed by atoms with van der Waals surface area (Å²) >= 11 is 1.14. The molecule has 2 rings (SSSR count). The summed E-state index contributed by atoms with van der Waals surface area (Å²) in [5.41, 5.74) is 4.74. The van der Waals surface area contributed by atoms with Crippen LogP contribution in [0.2, 0.25) is 0 Å². The van der Waals surface area contributed by atoms with Gasteiger partial charge in [0.25, 0.3) is 0 Å². The molecule has 0 fully saturated rings. The highest BCUT2D eigenvalue weighted by Crippen LogP contribution is 2.33. The van der Waals surface area contributed by atoms with Crippen molar-refractivity contribution in [2.24, 2.45) is 5.73 Å². The first-order valence-corrected chi connectivity index (χ1v) is 5.59. The largest absolute Gasteiger partial charge is 0.416 e. The quantitative estimate of drug-likeness (QED) is 0.873. The minimum atomic E-state index is -4.38. The van der Waals surface area contributed by atoms with E-state index in [2.05, 4.69) is 4.98 Å². The third-order valence-corrected chi connectivity index (χ3v) is 3.38. The molecule has 3 N–H and O–H groups in total. The van der Waals surface area contributed by atoms with Gasteiger partial charge in [0.2, 0.25) is 0 Å². The highest BCUT2D eigenvalue weighted by molar-refractivity contribution is 7.18. The molecule has 1 aromatic heterocycles. The Bertz CT molecular complexity index is 538. The molecule has 0 radical (unpaired) electrons. The van der Waals surface area contributed by atoms with Gasteiger partial charge in [-0.1, -0.05) is 0 Å². The first-order valence-electron chi connectivity index (χ1n) is 4.77. The number of nitrogens with zero attached hydrogens (tertiary/aromatic N) is 1. The molecule has 7 heteroatoms. The molecule has 17 heavy (non-hydrogen) atoms. The second kappa shape index (κ2) is 4.25. The van der Waals surface area contributed by atoms with Gasteiger partial charge in [0.15, 0.2) is 0 Å². The van der Waals surface area contributed by atoms with E-state index in [1.54, 1.807) is 0 Å². The van der Waals surface area contributed by atoms with Crippen molar-refractivity contribution >= 4 is 21.6 Å². The summed E-state index contributed by atoms with van der Waals surface area (Å²) in [6, 6.07) is 3.32. The van der Waals surface area contributed by atoms with Gasteiger partial charge in [-0.2, -0.15) is 13.2 Å². The highest BCUT2D eigenvalue weighted by atomic mass is 32.1. The SMILES string of the molecule is NCC(O)c1nc2cc(C(F)(F)F)ccc2s1. The fraction of sp³-hybridized carbons (Fsp3) is 0.300. The Hall–Kier alpha value is -1.18. The number of alkyl halides is 3. The van der Waals surface area contributed by atoms with Gasteiger partial charge in [-0.3, -0.25) is 0 Å². The third-order valence-electron chi connectivity index (χ3n) is 2.24. The van der Waals surface area contributed by atoms with Gasteiger partial charge in [0, 0.05) is 6.54 Å².